The molecule has 13 heavy (non-hydrogen) atoms. The summed E-state index contributed by atoms with van der Waals surface area (Å²) in [5, 5.41) is 0. The highest BCUT2D eigenvalue weighted by Crippen LogP contribution is 2.06. The number of nitrogens with zero attached hydrogens (tertiary/aromatic N) is 1. The average Bonchev–Trinajstić information content (AvgIpc) is 2.51. The summed E-state index contributed by atoms with van der Waals surface area (Å²) in [6.45, 7) is 11.2. The van der Waals surface area contributed by atoms with E-state index in [9.17, 15) is 0 Å². The van der Waals surface area contributed by atoms with Crippen molar-refractivity contribution in [1.82, 2.24) is 4.90 Å². The Morgan fingerprint density at radius 2 is 1.62 bits per heavy atom. The third-order valence-electron chi connectivity index (χ3n) is 1.88. The maximum Gasteiger partial charge on any atom is -0.000672 e. The zero-order valence-electron chi connectivity index (χ0n) is 9.55. The molecular weight excluding hydrogens is 160 g/mol. The number of likely N-dealkylation sites (tertiary alicyclic amines) is 1. The Labute approximate surface area is 83.5 Å². The van der Waals surface area contributed by atoms with Gasteiger partial charge in [-0.1, -0.05) is 20.8 Å². The van der Waals surface area contributed by atoms with Crippen LogP contribution in [0.25, 0.3) is 0 Å². The zero-order chi connectivity index (χ0) is 10.1. The first-order valence-corrected chi connectivity index (χ1v) is 5.59. The van der Waals surface area contributed by atoms with Crippen LogP contribution in [-0.4, -0.2) is 31.1 Å². The van der Waals surface area contributed by atoms with Gasteiger partial charge in [0.25, 0.3) is 0 Å². The summed E-state index contributed by atoms with van der Waals surface area (Å²) in [5.74, 6) is 0.833. The van der Waals surface area contributed by atoms with Gasteiger partial charge < -0.3 is 10.6 Å². The van der Waals surface area contributed by atoms with E-state index in [1.165, 1.54) is 38.9 Å². The van der Waals surface area contributed by atoms with Gasteiger partial charge in [-0.2, -0.15) is 0 Å². The van der Waals surface area contributed by atoms with E-state index >= 15 is 0 Å². The van der Waals surface area contributed by atoms with Crippen molar-refractivity contribution in [1.29, 1.82) is 0 Å². The first-order valence-electron chi connectivity index (χ1n) is 5.59. The number of hydrogen-bond donors (Lipinski definition) is 1. The number of rotatable bonds is 3. The maximum absolute atomic E-state index is 5.38. The molecule has 0 spiro atoms. The van der Waals surface area contributed by atoms with Gasteiger partial charge in [-0.25, -0.2) is 0 Å². The number of nitrogens with two attached hydrogens (primary N) is 1. The van der Waals surface area contributed by atoms with E-state index in [4.69, 9.17) is 5.73 Å². The van der Waals surface area contributed by atoms with Crippen LogP contribution in [0.5, 0.6) is 0 Å². The fraction of sp³-hybridized carbons (Fsp3) is 1.00. The highest BCUT2D eigenvalue weighted by atomic mass is 15.1. The van der Waals surface area contributed by atoms with Crippen LogP contribution in [0.1, 0.15) is 40.0 Å². The molecule has 0 aromatic rings. The minimum Gasteiger partial charge on any atom is -0.330 e. The molecule has 1 aliphatic heterocycles. The molecule has 0 aromatic heterocycles. The molecule has 0 aromatic carbocycles. The SMILES string of the molecule is CC(C)C.NCCCN1CCCC1. The fourth-order valence-electron chi connectivity index (χ4n) is 1.32. The zero-order valence-corrected chi connectivity index (χ0v) is 9.55. The molecule has 1 fully saturated rings. The molecule has 2 heteroatoms. The van der Waals surface area contributed by atoms with Gasteiger partial charge in [-0.05, 0) is 51.4 Å². The minimum absolute atomic E-state index is 0.833. The molecular formula is C11H26N2. The van der Waals surface area contributed by atoms with E-state index in [-0.39, 0.29) is 0 Å². The van der Waals surface area contributed by atoms with Crippen molar-refractivity contribution in [2.45, 2.75) is 40.0 Å². The lowest BCUT2D eigenvalue weighted by Crippen LogP contribution is -2.22. The molecule has 0 saturated carbocycles. The maximum atomic E-state index is 5.38. The Balaban J connectivity index is 0.000000310. The molecule has 2 nitrogen and oxygen atoms in total. The summed E-state index contributed by atoms with van der Waals surface area (Å²) >= 11 is 0. The summed E-state index contributed by atoms with van der Waals surface area (Å²) < 4.78 is 0. The van der Waals surface area contributed by atoms with Gasteiger partial charge in [0.15, 0.2) is 0 Å². The summed E-state index contributed by atoms with van der Waals surface area (Å²) in [6, 6.07) is 0. The second kappa shape index (κ2) is 8.52. The van der Waals surface area contributed by atoms with Crippen molar-refractivity contribution in [2.24, 2.45) is 11.7 Å². The van der Waals surface area contributed by atoms with Crippen LogP contribution in [0.15, 0.2) is 0 Å². The number of hydrogen-bond acceptors (Lipinski definition) is 2. The highest BCUT2D eigenvalue weighted by Gasteiger charge is 2.09. The fourth-order valence-corrected chi connectivity index (χ4v) is 1.32. The minimum atomic E-state index is 0.833. The molecule has 0 amide bonds. The standard InChI is InChI=1S/C7H16N2.C4H10/c8-4-3-7-9-5-1-2-6-9;1-4(2)3/h1-8H2;4H,1-3H3. The molecule has 1 heterocycles. The van der Waals surface area contributed by atoms with Gasteiger partial charge in [0.05, 0.1) is 0 Å². The topological polar surface area (TPSA) is 29.3 Å². The molecule has 0 radical (unpaired) electrons. The summed E-state index contributed by atoms with van der Waals surface area (Å²) in [6.07, 6.45) is 3.95. The van der Waals surface area contributed by atoms with Crippen LogP contribution >= 0.6 is 0 Å². The van der Waals surface area contributed by atoms with Crippen molar-refractivity contribution in [3.05, 3.63) is 0 Å². The second-order valence-electron chi connectivity index (χ2n) is 4.42. The van der Waals surface area contributed by atoms with Crippen molar-refractivity contribution in [3.63, 3.8) is 0 Å². The van der Waals surface area contributed by atoms with Crippen molar-refractivity contribution in [2.75, 3.05) is 26.2 Å². The first-order chi connectivity index (χ1) is 6.16. The molecule has 1 aliphatic rings. The Bertz CT molecular complexity index is 93.5. The van der Waals surface area contributed by atoms with Crippen LogP contribution in [0.2, 0.25) is 0 Å². The van der Waals surface area contributed by atoms with Crippen molar-refractivity contribution in [3.8, 4) is 0 Å². The normalized spacial score (nSPS) is 17.3. The van der Waals surface area contributed by atoms with Crippen molar-refractivity contribution < 1.29 is 0 Å². The van der Waals surface area contributed by atoms with E-state index in [0.717, 1.165) is 12.5 Å². The molecule has 0 atom stereocenters. The molecule has 0 aliphatic carbocycles. The van der Waals surface area contributed by atoms with Gasteiger partial charge in [0.2, 0.25) is 0 Å². The van der Waals surface area contributed by atoms with Gasteiger partial charge in [0.1, 0.15) is 0 Å². The van der Waals surface area contributed by atoms with E-state index in [0.29, 0.717) is 0 Å². The predicted octanol–water partition coefficient (Wildman–Crippen LogP) is 2.09. The molecule has 2 N–H and O–H groups in total. The van der Waals surface area contributed by atoms with Crippen LogP contribution in [-0.2, 0) is 0 Å². The first kappa shape index (κ1) is 12.9. The molecule has 80 valence electrons. The Kier molecular flexibility index (Phi) is 8.46. The molecule has 0 bridgehead atoms. The van der Waals surface area contributed by atoms with Gasteiger partial charge in [-0.15, -0.1) is 0 Å². The average molecular weight is 186 g/mol. The Hall–Kier alpha value is -0.0800. The van der Waals surface area contributed by atoms with E-state index in [1.807, 2.05) is 0 Å². The lowest BCUT2D eigenvalue weighted by Gasteiger charge is -2.12. The van der Waals surface area contributed by atoms with Crippen LogP contribution in [0.4, 0.5) is 0 Å². The predicted molar refractivity (Wildman–Crippen MR) is 59.9 cm³/mol. The second-order valence-corrected chi connectivity index (χ2v) is 4.42. The summed E-state index contributed by atoms with van der Waals surface area (Å²) in [7, 11) is 0. The lowest BCUT2D eigenvalue weighted by molar-refractivity contribution is 0.336. The summed E-state index contributed by atoms with van der Waals surface area (Å²) in [5.41, 5.74) is 5.38. The molecule has 0 unspecified atom stereocenters. The van der Waals surface area contributed by atoms with Gasteiger partial charge in [0, 0.05) is 0 Å². The van der Waals surface area contributed by atoms with Gasteiger partial charge in [-0.3, -0.25) is 0 Å². The largest absolute Gasteiger partial charge is 0.330 e. The third kappa shape index (κ3) is 9.84. The molecule has 1 saturated heterocycles. The van der Waals surface area contributed by atoms with E-state index in [1.54, 1.807) is 0 Å². The lowest BCUT2D eigenvalue weighted by atomic mass is 10.3. The molecule has 1 rings (SSSR count). The van der Waals surface area contributed by atoms with Gasteiger partial charge >= 0.3 is 0 Å². The highest BCUT2D eigenvalue weighted by molar-refractivity contribution is 4.65. The monoisotopic (exact) mass is 186 g/mol. The quantitative estimate of drug-likeness (QED) is 0.731. The van der Waals surface area contributed by atoms with Crippen LogP contribution < -0.4 is 5.73 Å². The smallest absolute Gasteiger partial charge is 0.000672 e. The Morgan fingerprint density at radius 3 is 2.00 bits per heavy atom. The van der Waals surface area contributed by atoms with Crippen LogP contribution in [0, 0.1) is 5.92 Å². The van der Waals surface area contributed by atoms with Crippen LogP contribution in [0.3, 0.4) is 0 Å². The van der Waals surface area contributed by atoms with E-state index < -0.39 is 0 Å². The third-order valence-corrected chi connectivity index (χ3v) is 1.88. The summed E-state index contributed by atoms with van der Waals surface area (Å²) in [4.78, 5) is 2.49. The van der Waals surface area contributed by atoms with Crippen molar-refractivity contribution >= 4 is 0 Å². The Morgan fingerprint density at radius 1 is 1.15 bits per heavy atom. The van der Waals surface area contributed by atoms with E-state index in [2.05, 4.69) is 25.7 Å².